The van der Waals surface area contributed by atoms with Crippen LogP contribution in [-0.4, -0.2) is 31.3 Å². The van der Waals surface area contributed by atoms with Gasteiger partial charge < -0.3 is 9.53 Å². The second-order valence-electron chi connectivity index (χ2n) is 10.5. The molecule has 0 aliphatic heterocycles. The molecule has 0 radical (unpaired) electrons. The van der Waals surface area contributed by atoms with Gasteiger partial charge in [0, 0.05) is 24.7 Å². The number of ketones is 1. The van der Waals surface area contributed by atoms with E-state index in [0.717, 1.165) is 12.0 Å². The molecule has 0 aromatic heterocycles. The van der Waals surface area contributed by atoms with E-state index in [2.05, 4.69) is 77.2 Å². The first-order valence-corrected chi connectivity index (χ1v) is 14.6. The van der Waals surface area contributed by atoms with E-state index in [1.165, 1.54) is 5.56 Å². The van der Waals surface area contributed by atoms with Gasteiger partial charge in [-0.25, -0.2) is 0 Å². The average Bonchev–Trinajstić information content (AvgIpc) is 2.95. The Balaban J connectivity index is 2.19. The van der Waals surface area contributed by atoms with Crippen molar-refractivity contribution in [1.82, 2.24) is 0 Å². The van der Waals surface area contributed by atoms with Gasteiger partial charge in [0.2, 0.25) is 0 Å². The maximum Gasteiger partial charge on any atom is 0.303 e. The van der Waals surface area contributed by atoms with Gasteiger partial charge in [-0.3, -0.25) is 9.59 Å². The van der Waals surface area contributed by atoms with Crippen molar-refractivity contribution in [2.24, 2.45) is 11.8 Å². The summed E-state index contributed by atoms with van der Waals surface area (Å²) in [6.07, 6.45) is 10.9. The fraction of sp³-hybridized carbons (Fsp3) is 0.556. The van der Waals surface area contributed by atoms with Crippen LogP contribution in [0, 0.1) is 18.8 Å². The summed E-state index contributed by atoms with van der Waals surface area (Å²) in [5.74, 6) is -0.554. The Kier molecular flexibility index (Phi) is 9.23. The lowest BCUT2D eigenvalue weighted by Crippen LogP contribution is -2.45. The van der Waals surface area contributed by atoms with E-state index in [1.54, 1.807) is 0 Å². The molecular formula is C27H40O4Si. The first-order chi connectivity index (χ1) is 14.9. The Bertz CT molecular complexity index is 847. The Morgan fingerprint density at radius 1 is 1.25 bits per heavy atom. The summed E-state index contributed by atoms with van der Waals surface area (Å²) < 4.78 is 6.74. The van der Waals surface area contributed by atoms with Crippen molar-refractivity contribution in [3.8, 4) is 0 Å². The first kappa shape index (κ1) is 26.3. The van der Waals surface area contributed by atoms with Gasteiger partial charge in [0.15, 0.2) is 8.32 Å². The highest BCUT2D eigenvalue weighted by Gasteiger charge is 2.46. The molecule has 1 aliphatic rings. The topological polar surface area (TPSA) is 63.6 Å². The lowest BCUT2D eigenvalue weighted by molar-refractivity contribution is -0.137. The van der Waals surface area contributed by atoms with E-state index in [4.69, 9.17) is 9.53 Å². The molecule has 0 heterocycles. The molecule has 5 heteroatoms. The molecule has 1 saturated carbocycles. The summed E-state index contributed by atoms with van der Waals surface area (Å²) in [6.45, 7) is 13.3. The van der Waals surface area contributed by atoms with Crippen molar-refractivity contribution in [2.45, 2.75) is 84.0 Å². The van der Waals surface area contributed by atoms with E-state index in [1.807, 2.05) is 12.2 Å². The number of carbonyl (C=O) groups is 2. The van der Waals surface area contributed by atoms with Gasteiger partial charge in [-0.15, -0.1) is 0 Å². The van der Waals surface area contributed by atoms with Gasteiger partial charge in [-0.05, 0) is 49.9 Å². The minimum atomic E-state index is -2.01. The normalized spacial score (nSPS) is 22.3. The van der Waals surface area contributed by atoms with Crippen LogP contribution >= 0.6 is 0 Å². The summed E-state index contributed by atoms with van der Waals surface area (Å²) in [5, 5.41) is 8.86. The molecule has 1 aliphatic carbocycles. The molecule has 1 aromatic carbocycles. The maximum absolute atomic E-state index is 13.0. The predicted molar refractivity (Wildman–Crippen MR) is 134 cm³/mol. The van der Waals surface area contributed by atoms with Crippen molar-refractivity contribution in [1.29, 1.82) is 0 Å². The highest BCUT2D eigenvalue weighted by atomic mass is 28.4. The van der Waals surface area contributed by atoms with Crippen molar-refractivity contribution >= 4 is 26.1 Å². The molecule has 1 aromatic rings. The fourth-order valence-corrected chi connectivity index (χ4v) is 5.26. The Morgan fingerprint density at radius 3 is 2.59 bits per heavy atom. The van der Waals surface area contributed by atoms with Crippen LogP contribution in [0.4, 0.5) is 0 Å². The molecule has 3 atom stereocenters. The standard InChI is InChI=1S/C27H40O4Si/c1-20-12-11-13-21(18-20)16-17-23-22(14-9-7-8-10-15-26(29)30)24(28)19-25(23)31-32(5,6)27(2,3)4/h7,9,11-13,16-18,22-23,25H,8,10,14-15,19H2,1-6H3,(H,29,30)/b9-7-,17-16+/t22?,23-,25-/m1/s1. The molecule has 0 saturated heterocycles. The van der Waals surface area contributed by atoms with Gasteiger partial charge in [-0.1, -0.05) is 74.9 Å². The van der Waals surface area contributed by atoms with Crippen LogP contribution in [0.15, 0.2) is 42.5 Å². The third kappa shape index (κ3) is 7.56. The lowest BCUT2D eigenvalue weighted by Gasteiger charge is -2.39. The molecule has 1 unspecified atom stereocenters. The zero-order chi connectivity index (χ0) is 23.9. The molecule has 176 valence electrons. The van der Waals surface area contributed by atoms with E-state index in [0.29, 0.717) is 19.3 Å². The molecule has 4 nitrogen and oxygen atoms in total. The van der Waals surface area contributed by atoms with Gasteiger partial charge >= 0.3 is 5.97 Å². The summed E-state index contributed by atoms with van der Waals surface area (Å²) in [4.78, 5) is 23.7. The highest BCUT2D eigenvalue weighted by Crippen LogP contribution is 2.43. The molecule has 0 spiro atoms. The van der Waals surface area contributed by atoms with Crippen molar-refractivity contribution in [3.63, 3.8) is 0 Å². The fourth-order valence-electron chi connectivity index (χ4n) is 3.91. The van der Waals surface area contributed by atoms with Crippen LogP contribution in [-0.2, 0) is 14.0 Å². The minimum Gasteiger partial charge on any atom is -0.481 e. The maximum atomic E-state index is 13.0. The van der Waals surface area contributed by atoms with Crippen LogP contribution in [0.1, 0.15) is 64.0 Å². The first-order valence-electron chi connectivity index (χ1n) is 11.7. The molecule has 32 heavy (non-hydrogen) atoms. The smallest absolute Gasteiger partial charge is 0.303 e. The molecule has 0 amide bonds. The third-order valence-electron chi connectivity index (χ3n) is 6.83. The SMILES string of the molecule is Cc1cccc(/C=C/[C@@H]2C(C/C=C\CCCC(=O)O)C(=O)C[C@H]2O[Si](C)(C)C(C)(C)C)c1. The number of carbonyl (C=O) groups excluding carboxylic acids is 1. The number of hydrogen-bond acceptors (Lipinski definition) is 3. The number of aryl methyl sites for hydroxylation is 1. The Labute approximate surface area is 194 Å². The van der Waals surface area contributed by atoms with Gasteiger partial charge in [0.25, 0.3) is 0 Å². The zero-order valence-electron chi connectivity index (χ0n) is 20.6. The van der Waals surface area contributed by atoms with Crippen LogP contribution in [0.5, 0.6) is 0 Å². The number of rotatable bonds is 10. The predicted octanol–water partition coefficient (Wildman–Crippen LogP) is 6.81. The molecule has 0 bridgehead atoms. The van der Waals surface area contributed by atoms with Crippen molar-refractivity contribution < 1.29 is 19.1 Å². The lowest BCUT2D eigenvalue weighted by atomic mass is 9.90. The largest absolute Gasteiger partial charge is 0.481 e. The Hall–Kier alpha value is -1.98. The summed E-state index contributed by atoms with van der Waals surface area (Å²) >= 11 is 0. The number of carboxylic acid groups (broad SMARTS) is 1. The molecular weight excluding hydrogens is 416 g/mol. The molecule has 1 N–H and O–H groups in total. The monoisotopic (exact) mass is 456 g/mol. The second kappa shape index (κ2) is 11.2. The number of carboxylic acids is 1. The summed E-state index contributed by atoms with van der Waals surface area (Å²) in [6, 6.07) is 8.36. The number of unbranched alkanes of at least 4 members (excludes halogenated alkanes) is 1. The van der Waals surface area contributed by atoms with Gasteiger partial charge in [0.05, 0.1) is 6.10 Å². The number of aliphatic carboxylic acids is 1. The average molecular weight is 457 g/mol. The number of hydrogen-bond donors (Lipinski definition) is 1. The van der Waals surface area contributed by atoms with E-state index >= 15 is 0 Å². The van der Waals surface area contributed by atoms with E-state index < -0.39 is 14.3 Å². The molecule has 1 fully saturated rings. The highest BCUT2D eigenvalue weighted by molar-refractivity contribution is 6.74. The van der Waals surface area contributed by atoms with Crippen LogP contribution in [0.3, 0.4) is 0 Å². The number of allylic oxidation sites excluding steroid dienone is 2. The van der Waals surface area contributed by atoms with Crippen LogP contribution < -0.4 is 0 Å². The summed E-state index contributed by atoms with van der Waals surface area (Å²) in [7, 11) is -2.01. The zero-order valence-corrected chi connectivity index (χ0v) is 21.6. The van der Waals surface area contributed by atoms with Gasteiger partial charge in [-0.2, -0.15) is 0 Å². The van der Waals surface area contributed by atoms with Crippen molar-refractivity contribution in [2.75, 3.05) is 0 Å². The summed E-state index contributed by atoms with van der Waals surface area (Å²) in [5.41, 5.74) is 2.35. The minimum absolute atomic E-state index is 0.0424. The van der Waals surface area contributed by atoms with E-state index in [-0.39, 0.29) is 35.2 Å². The quantitative estimate of drug-likeness (QED) is 0.239. The number of benzene rings is 1. The van der Waals surface area contributed by atoms with E-state index in [9.17, 15) is 9.59 Å². The van der Waals surface area contributed by atoms with Crippen LogP contribution in [0.2, 0.25) is 18.1 Å². The van der Waals surface area contributed by atoms with Crippen LogP contribution in [0.25, 0.3) is 6.08 Å². The molecule has 2 rings (SSSR count). The van der Waals surface area contributed by atoms with Gasteiger partial charge in [0.1, 0.15) is 5.78 Å². The van der Waals surface area contributed by atoms with Crippen molar-refractivity contribution in [3.05, 3.63) is 53.6 Å². The second-order valence-corrected chi connectivity index (χ2v) is 15.3. The number of Topliss-reactive ketones (excluding diaryl/α,β-unsaturated/α-hetero) is 1. The Morgan fingerprint density at radius 2 is 1.97 bits per heavy atom. The third-order valence-corrected chi connectivity index (χ3v) is 11.3.